The molecule has 3 N–H and O–H groups in total. The van der Waals surface area contributed by atoms with Crippen molar-refractivity contribution in [3.63, 3.8) is 0 Å². The fraction of sp³-hybridized carbons (Fsp3) is 0.324. The van der Waals surface area contributed by atoms with Gasteiger partial charge in [-0.15, -0.1) is 0 Å². The summed E-state index contributed by atoms with van der Waals surface area (Å²) in [6, 6.07) is 25.6. The summed E-state index contributed by atoms with van der Waals surface area (Å²) in [5, 5.41) is 10.6. The van der Waals surface area contributed by atoms with Gasteiger partial charge in [0.05, 0.1) is 29.9 Å². The van der Waals surface area contributed by atoms with Gasteiger partial charge in [0.2, 0.25) is 17.1 Å². The molecule has 13 heteroatoms. The highest BCUT2D eigenvalue weighted by Crippen LogP contribution is 2.42. The predicted molar refractivity (Wildman–Crippen MR) is 181 cm³/mol. The van der Waals surface area contributed by atoms with Gasteiger partial charge in [-0.05, 0) is 60.2 Å². The Kier molecular flexibility index (Phi) is 11.3. The molecular weight excluding hydrogens is 643 g/mol. The van der Waals surface area contributed by atoms with Gasteiger partial charge in [0.1, 0.15) is 6.54 Å². The highest BCUT2D eigenvalue weighted by Gasteiger charge is 2.29. The summed E-state index contributed by atoms with van der Waals surface area (Å²) in [4.78, 5) is 2.04. The zero-order valence-electron chi connectivity index (χ0n) is 26.2. The van der Waals surface area contributed by atoms with E-state index in [1.54, 1.807) is 6.92 Å². The lowest BCUT2D eigenvalue weighted by Gasteiger charge is -2.19. The van der Waals surface area contributed by atoms with E-state index in [0.29, 0.717) is 50.5 Å². The second kappa shape index (κ2) is 15.4. The van der Waals surface area contributed by atoms with Gasteiger partial charge in [-0.1, -0.05) is 49.4 Å². The fourth-order valence-corrected chi connectivity index (χ4v) is 7.04. The number of aryl methyl sites for hydroxylation is 1. The number of hydrogen-bond acceptors (Lipinski definition) is 9. The van der Waals surface area contributed by atoms with Crippen molar-refractivity contribution in [2.75, 3.05) is 29.5 Å². The number of rotatable bonds is 16. The van der Waals surface area contributed by atoms with Gasteiger partial charge >= 0.3 is 0 Å². The van der Waals surface area contributed by atoms with Crippen molar-refractivity contribution in [3.05, 3.63) is 96.0 Å². The maximum absolute atomic E-state index is 12.2. The van der Waals surface area contributed by atoms with Crippen LogP contribution >= 0.6 is 0 Å². The predicted octanol–water partition coefficient (Wildman–Crippen LogP) is 4.80. The molecule has 0 amide bonds. The molecule has 5 rings (SSSR count). The first kappa shape index (κ1) is 34.5. The monoisotopic (exact) mass is 682 g/mol. The summed E-state index contributed by atoms with van der Waals surface area (Å²) < 4.78 is 69.7. The van der Waals surface area contributed by atoms with Crippen molar-refractivity contribution in [2.45, 2.75) is 45.8 Å². The molecule has 1 aliphatic rings. The summed E-state index contributed by atoms with van der Waals surface area (Å²) in [6.07, 6.45) is 3.62. The third kappa shape index (κ3) is 9.15. The third-order valence-electron chi connectivity index (χ3n) is 7.81. The number of unbranched alkanes of at least 4 members (excludes halogenated alkanes) is 2. The number of nitrogens with one attached hydrogen (secondary N) is 1. The third-order valence-corrected chi connectivity index (χ3v) is 9.77. The van der Waals surface area contributed by atoms with Crippen molar-refractivity contribution in [1.29, 1.82) is 0 Å². The molecule has 0 saturated heterocycles. The van der Waals surface area contributed by atoms with E-state index in [0.717, 1.165) is 39.0 Å². The highest BCUT2D eigenvalue weighted by atomic mass is 32.2. The minimum absolute atomic E-state index is 0.0926. The summed E-state index contributed by atoms with van der Waals surface area (Å²) >= 11 is 0. The number of hydroxylamine groups is 1. The van der Waals surface area contributed by atoms with Crippen LogP contribution in [0, 0.1) is 0 Å². The average Bonchev–Trinajstić information content (AvgIpc) is 3.40. The Hall–Kier alpha value is -3.85. The van der Waals surface area contributed by atoms with Crippen LogP contribution < -0.4 is 19.7 Å². The van der Waals surface area contributed by atoms with E-state index in [4.69, 9.17) is 9.02 Å². The fourth-order valence-electron chi connectivity index (χ4n) is 5.53. The number of aliphatic hydroxyl groups is 1. The quantitative estimate of drug-likeness (QED) is 0.0652. The molecule has 47 heavy (non-hydrogen) atoms. The molecule has 0 fully saturated rings. The van der Waals surface area contributed by atoms with E-state index >= 15 is 0 Å². The zero-order chi connectivity index (χ0) is 33.4. The number of fused-ring (bicyclic) bond motifs is 2. The first-order valence-electron chi connectivity index (χ1n) is 15.6. The van der Waals surface area contributed by atoms with Crippen LogP contribution in [0.1, 0.15) is 43.9 Å². The molecule has 3 aromatic carbocycles. The van der Waals surface area contributed by atoms with Crippen molar-refractivity contribution in [3.8, 4) is 16.9 Å². The van der Waals surface area contributed by atoms with Crippen LogP contribution in [0.4, 0.5) is 5.69 Å². The number of aliphatic hydroxyl groups excluding tert-OH is 1. The first-order chi connectivity index (χ1) is 22.6. The van der Waals surface area contributed by atoms with Gasteiger partial charge in [-0.3, -0.25) is 4.55 Å². The standard InChI is InChI=1S/C34H39N3O8S2/c1-2-35-45-47(42,43)21-9-7-19-37-32-23-28(27-10-4-3-5-11-27)14-17-33(32)44-34(37)24-30-15-13-29-22-26(25-38)12-16-31(29)36(30)18-6-8-20-46(39,40)41/h3-5,10-17,22-24,35,38H,2,6-9,18-21,25H2,1H3/p+1. The molecule has 1 aliphatic heterocycles. The number of benzene rings is 3. The van der Waals surface area contributed by atoms with Crippen molar-refractivity contribution >= 4 is 42.9 Å². The van der Waals surface area contributed by atoms with Crippen LogP contribution in [0.2, 0.25) is 0 Å². The zero-order valence-corrected chi connectivity index (χ0v) is 27.8. The van der Waals surface area contributed by atoms with Gasteiger partial charge in [-0.25, -0.2) is 0 Å². The van der Waals surface area contributed by atoms with Gasteiger partial charge < -0.3 is 14.7 Å². The molecule has 0 saturated carbocycles. The smallest absolute Gasteiger partial charge is 0.283 e. The minimum Gasteiger partial charge on any atom is -0.438 e. The van der Waals surface area contributed by atoms with Crippen molar-refractivity contribution in [1.82, 2.24) is 5.48 Å². The van der Waals surface area contributed by atoms with E-state index in [-0.39, 0.29) is 24.5 Å². The average molecular weight is 683 g/mol. The molecule has 11 nitrogen and oxygen atoms in total. The molecule has 0 radical (unpaired) electrons. The van der Waals surface area contributed by atoms with Gasteiger partial charge in [-0.2, -0.15) is 31.2 Å². The van der Waals surface area contributed by atoms with E-state index in [1.165, 1.54) is 0 Å². The van der Waals surface area contributed by atoms with Crippen molar-refractivity contribution in [2.24, 2.45) is 0 Å². The molecule has 0 aliphatic carbocycles. The van der Waals surface area contributed by atoms with Gasteiger partial charge in [0.25, 0.3) is 20.2 Å². The Morgan fingerprint density at radius 2 is 1.68 bits per heavy atom. The largest absolute Gasteiger partial charge is 0.438 e. The Morgan fingerprint density at radius 1 is 0.894 bits per heavy atom. The maximum atomic E-state index is 12.2. The molecule has 0 atom stereocenters. The molecule has 2 heterocycles. The SMILES string of the molecule is CCNOS(=O)(=O)CCCCN1/C(=C/c2ccc3cc(CO)ccc3[n+]2CCCCS(=O)(=O)O)Oc2ccc(-c3ccccc3)cc21. The summed E-state index contributed by atoms with van der Waals surface area (Å²) in [5.41, 5.74) is 7.80. The van der Waals surface area contributed by atoms with Crippen LogP contribution in [0.3, 0.4) is 0 Å². The summed E-state index contributed by atoms with van der Waals surface area (Å²) in [5.74, 6) is 0.783. The van der Waals surface area contributed by atoms with Crippen LogP contribution in [0.5, 0.6) is 5.75 Å². The van der Waals surface area contributed by atoms with E-state index in [9.17, 15) is 26.5 Å². The minimum atomic E-state index is -4.07. The number of hydrogen-bond donors (Lipinski definition) is 3. The molecule has 1 aromatic heterocycles. The summed E-state index contributed by atoms with van der Waals surface area (Å²) in [7, 11) is -7.77. The molecule has 0 unspecified atom stereocenters. The topological polar surface area (TPSA) is 146 Å². The molecule has 250 valence electrons. The molecule has 0 bridgehead atoms. The Morgan fingerprint density at radius 3 is 2.43 bits per heavy atom. The number of anilines is 1. The molecule has 4 aromatic rings. The maximum Gasteiger partial charge on any atom is 0.283 e. The van der Waals surface area contributed by atoms with Crippen LogP contribution in [0.15, 0.2) is 84.7 Å². The molecular formula is C34H40N3O8S2+. The second-order valence-electron chi connectivity index (χ2n) is 11.3. The normalized spacial score (nSPS) is 14.1. The Bertz CT molecular complexity index is 1950. The number of pyridine rings is 1. The lowest BCUT2D eigenvalue weighted by atomic mass is 10.0. The Labute approximate surface area is 275 Å². The van der Waals surface area contributed by atoms with E-state index in [2.05, 4.69) is 16.1 Å². The van der Waals surface area contributed by atoms with Crippen LogP contribution in [-0.2, 0) is 37.7 Å². The van der Waals surface area contributed by atoms with Crippen molar-refractivity contribution < 1.29 is 40.1 Å². The van der Waals surface area contributed by atoms with E-state index < -0.39 is 20.2 Å². The highest BCUT2D eigenvalue weighted by molar-refractivity contribution is 7.86. The number of aromatic nitrogens is 1. The summed E-state index contributed by atoms with van der Waals surface area (Å²) in [6.45, 7) is 2.99. The Balaban J connectivity index is 1.49. The molecule has 0 spiro atoms. The lowest BCUT2D eigenvalue weighted by Crippen LogP contribution is -2.38. The van der Waals surface area contributed by atoms with Crippen LogP contribution in [-0.4, -0.2) is 51.1 Å². The van der Waals surface area contributed by atoms with Gasteiger partial charge in [0.15, 0.2) is 5.75 Å². The first-order valence-corrected chi connectivity index (χ1v) is 18.8. The number of nitrogens with zero attached hydrogens (tertiary/aromatic N) is 2. The lowest BCUT2D eigenvalue weighted by molar-refractivity contribution is -0.673. The second-order valence-corrected chi connectivity index (χ2v) is 14.6. The van der Waals surface area contributed by atoms with E-state index in [1.807, 2.05) is 83.8 Å². The van der Waals surface area contributed by atoms with Gasteiger partial charge in [0, 0.05) is 37.0 Å². The van der Waals surface area contributed by atoms with Crippen LogP contribution in [0.25, 0.3) is 28.1 Å². The number of ether oxygens (including phenoxy) is 1.